The number of carbonyl (C=O) groups excluding carboxylic acids is 1. The molecule has 1 amide bonds. The summed E-state index contributed by atoms with van der Waals surface area (Å²) in [5, 5.41) is 0.0864. The Morgan fingerprint density at radius 2 is 1.95 bits per heavy atom. The summed E-state index contributed by atoms with van der Waals surface area (Å²) in [7, 11) is -4.16. The molecule has 0 aliphatic rings. The zero-order chi connectivity index (χ0) is 16.5. The molecule has 0 spiro atoms. The highest BCUT2D eigenvalue weighted by Gasteiger charge is 2.21. The first-order valence-corrected chi connectivity index (χ1v) is 7.96. The number of nitrogens with one attached hydrogen (secondary N) is 1. The summed E-state index contributed by atoms with van der Waals surface area (Å²) >= 11 is 5.60. The lowest BCUT2D eigenvalue weighted by Crippen LogP contribution is -2.18. The molecule has 3 N–H and O–H groups in total. The molecule has 2 aromatic carbocycles. The van der Waals surface area contributed by atoms with E-state index in [4.69, 9.17) is 17.3 Å². The molecular formula is C14H12ClFN2O3S. The molecule has 22 heavy (non-hydrogen) atoms. The van der Waals surface area contributed by atoms with Crippen molar-refractivity contribution in [3.8, 4) is 0 Å². The molecule has 2 aromatic rings. The maximum absolute atomic E-state index is 13.8. The van der Waals surface area contributed by atoms with Crippen LogP contribution in [-0.4, -0.2) is 14.3 Å². The Balaban J connectivity index is 2.46. The van der Waals surface area contributed by atoms with Crippen LogP contribution in [0, 0.1) is 12.7 Å². The summed E-state index contributed by atoms with van der Waals surface area (Å²) in [6.45, 7) is 1.54. The minimum atomic E-state index is -4.16. The van der Waals surface area contributed by atoms with Gasteiger partial charge in [-0.1, -0.05) is 17.7 Å². The third-order valence-electron chi connectivity index (χ3n) is 3.03. The Bertz CT molecular complexity index is 853. The Hall–Kier alpha value is -2.12. The van der Waals surface area contributed by atoms with E-state index in [1.54, 1.807) is 0 Å². The third-order valence-corrected chi connectivity index (χ3v) is 4.66. The topological polar surface area (TPSA) is 89.3 Å². The van der Waals surface area contributed by atoms with E-state index < -0.39 is 26.6 Å². The van der Waals surface area contributed by atoms with Crippen molar-refractivity contribution in [1.29, 1.82) is 0 Å². The SMILES string of the molecule is Cc1c(NS(=O)(=O)c2ccc(Cl)cc2F)cccc1C(N)=O. The monoisotopic (exact) mass is 342 g/mol. The minimum absolute atomic E-state index is 0.0864. The molecule has 2 rings (SSSR count). The highest BCUT2D eigenvalue weighted by Crippen LogP contribution is 2.24. The number of amides is 1. The molecule has 0 unspecified atom stereocenters. The summed E-state index contributed by atoms with van der Waals surface area (Å²) in [4.78, 5) is 10.7. The van der Waals surface area contributed by atoms with Gasteiger partial charge in [0, 0.05) is 10.6 Å². The van der Waals surface area contributed by atoms with Gasteiger partial charge in [-0.25, -0.2) is 12.8 Å². The molecule has 0 aliphatic carbocycles. The van der Waals surface area contributed by atoms with Crippen molar-refractivity contribution in [3.05, 3.63) is 58.4 Å². The average molecular weight is 343 g/mol. The fourth-order valence-electron chi connectivity index (χ4n) is 1.91. The summed E-state index contributed by atoms with van der Waals surface area (Å²) < 4.78 is 40.5. The molecule has 0 aliphatic heterocycles. The summed E-state index contributed by atoms with van der Waals surface area (Å²) in [5.41, 5.74) is 5.88. The number of sulfonamides is 1. The second-order valence-electron chi connectivity index (χ2n) is 4.52. The molecule has 116 valence electrons. The molecule has 0 radical (unpaired) electrons. The van der Waals surface area contributed by atoms with Crippen LogP contribution in [0.3, 0.4) is 0 Å². The molecule has 8 heteroatoms. The molecule has 0 fully saturated rings. The van der Waals surface area contributed by atoms with Crippen molar-refractivity contribution in [2.24, 2.45) is 5.73 Å². The van der Waals surface area contributed by atoms with Gasteiger partial charge in [0.1, 0.15) is 10.7 Å². The minimum Gasteiger partial charge on any atom is -0.366 e. The fraction of sp³-hybridized carbons (Fsp3) is 0.0714. The molecular weight excluding hydrogens is 331 g/mol. The Morgan fingerprint density at radius 3 is 2.55 bits per heavy atom. The predicted octanol–water partition coefficient (Wildman–Crippen LogP) is 2.69. The number of halogens is 2. The Kier molecular flexibility index (Phi) is 4.39. The zero-order valence-electron chi connectivity index (χ0n) is 11.4. The van der Waals surface area contributed by atoms with E-state index in [-0.39, 0.29) is 16.3 Å². The number of hydrogen-bond donors (Lipinski definition) is 2. The number of anilines is 1. The van der Waals surface area contributed by atoms with Crippen LogP contribution in [0.1, 0.15) is 15.9 Å². The molecule has 0 atom stereocenters. The highest BCUT2D eigenvalue weighted by atomic mass is 35.5. The van der Waals surface area contributed by atoms with Gasteiger partial charge in [0.2, 0.25) is 5.91 Å². The third kappa shape index (κ3) is 3.20. The van der Waals surface area contributed by atoms with Crippen LogP contribution in [0.5, 0.6) is 0 Å². The van der Waals surface area contributed by atoms with Gasteiger partial charge in [0.25, 0.3) is 10.0 Å². The van der Waals surface area contributed by atoms with Gasteiger partial charge in [0.05, 0.1) is 5.69 Å². The number of primary amides is 1. The summed E-state index contributed by atoms with van der Waals surface area (Å²) in [6, 6.07) is 7.64. The van der Waals surface area contributed by atoms with Crippen LogP contribution >= 0.6 is 11.6 Å². The molecule has 5 nitrogen and oxygen atoms in total. The first kappa shape index (κ1) is 16.3. The van der Waals surface area contributed by atoms with Gasteiger partial charge in [-0.05, 0) is 42.8 Å². The molecule has 0 saturated carbocycles. The normalized spacial score (nSPS) is 11.2. The van der Waals surface area contributed by atoms with Crippen LogP contribution in [0.25, 0.3) is 0 Å². The summed E-state index contributed by atoms with van der Waals surface area (Å²) in [6.07, 6.45) is 0. The first-order valence-electron chi connectivity index (χ1n) is 6.09. The van der Waals surface area contributed by atoms with Crippen LogP contribution in [-0.2, 0) is 10.0 Å². The van der Waals surface area contributed by atoms with Crippen molar-refractivity contribution in [2.45, 2.75) is 11.8 Å². The maximum Gasteiger partial charge on any atom is 0.264 e. The van der Waals surface area contributed by atoms with E-state index in [2.05, 4.69) is 4.72 Å². The van der Waals surface area contributed by atoms with E-state index in [9.17, 15) is 17.6 Å². The standard InChI is InChI=1S/C14H12ClFN2O3S/c1-8-10(14(17)19)3-2-4-12(8)18-22(20,21)13-6-5-9(15)7-11(13)16/h2-7,18H,1H3,(H2,17,19). The van der Waals surface area contributed by atoms with Gasteiger partial charge in [-0.15, -0.1) is 0 Å². The fourth-order valence-corrected chi connectivity index (χ4v) is 3.25. The lowest BCUT2D eigenvalue weighted by atomic mass is 10.1. The molecule has 0 heterocycles. The van der Waals surface area contributed by atoms with Crippen molar-refractivity contribution in [3.63, 3.8) is 0 Å². The summed E-state index contributed by atoms with van der Waals surface area (Å²) in [5.74, 6) is -1.65. The van der Waals surface area contributed by atoms with E-state index in [1.165, 1.54) is 31.2 Å². The van der Waals surface area contributed by atoms with Gasteiger partial charge in [0.15, 0.2) is 0 Å². The molecule has 0 saturated heterocycles. The Morgan fingerprint density at radius 1 is 1.27 bits per heavy atom. The Labute approximate surface area is 131 Å². The second kappa shape index (κ2) is 5.94. The van der Waals surface area contributed by atoms with Gasteiger partial charge in [-0.2, -0.15) is 0 Å². The van der Waals surface area contributed by atoms with E-state index in [1.807, 2.05) is 0 Å². The van der Waals surface area contributed by atoms with Crippen molar-refractivity contribution in [1.82, 2.24) is 0 Å². The first-order chi connectivity index (χ1) is 10.2. The number of benzene rings is 2. The van der Waals surface area contributed by atoms with E-state index in [0.717, 1.165) is 12.1 Å². The molecule has 0 aromatic heterocycles. The van der Waals surface area contributed by atoms with E-state index >= 15 is 0 Å². The van der Waals surface area contributed by atoms with Crippen molar-refractivity contribution in [2.75, 3.05) is 4.72 Å². The largest absolute Gasteiger partial charge is 0.366 e. The number of carbonyl (C=O) groups is 1. The lowest BCUT2D eigenvalue weighted by Gasteiger charge is -2.13. The predicted molar refractivity (Wildman–Crippen MR) is 81.9 cm³/mol. The van der Waals surface area contributed by atoms with Gasteiger partial charge in [-0.3, -0.25) is 9.52 Å². The van der Waals surface area contributed by atoms with Crippen molar-refractivity contribution < 1.29 is 17.6 Å². The van der Waals surface area contributed by atoms with Crippen molar-refractivity contribution >= 4 is 33.2 Å². The van der Waals surface area contributed by atoms with Gasteiger partial charge >= 0.3 is 0 Å². The second-order valence-corrected chi connectivity index (χ2v) is 6.61. The maximum atomic E-state index is 13.8. The smallest absolute Gasteiger partial charge is 0.264 e. The van der Waals surface area contributed by atoms with Crippen LogP contribution < -0.4 is 10.5 Å². The van der Waals surface area contributed by atoms with Gasteiger partial charge < -0.3 is 5.73 Å². The quantitative estimate of drug-likeness (QED) is 0.895. The highest BCUT2D eigenvalue weighted by molar-refractivity contribution is 7.92. The molecule has 0 bridgehead atoms. The number of hydrogen-bond acceptors (Lipinski definition) is 3. The lowest BCUT2D eigenvalue weighted by molar-refractivity contribution is 0.0999. The number of rotatable bonds is 4. The zero-order valence-corrected chi connectivity index (χ0v) is 13.0. The number of nitrogens with two attached hydrogens (primary N) is 1. The van der Waals surface area contributed by atoms with Crippen LogP contribution in [0.4, 0.5) is 10.1 Å². The van der Waals surface area contributed by atoms with Crippen LogP contribution in [0.2, 0.25) is 5.02 Å². The van der Waals surface area contributed by atoms with Crippen LogP contribution in [0.15, 0.2) is 41.3 Å². The average Bonchev–Trinajstić information content (AvgIpc) is 2.40. The van der Waals surface area contributed by atoms with E-state index in [0.29, 0.717) is 5.56 Å².